The van der Waals surface area contributed by atoms with Crippen LogP contribution < -0.4 is 0 Å². The van der Waals surface area contributed by atoms with Crippen molar-refractivity contribution in [2.45, 2.75) is 77.4 Å². The Labute approximate surface area is 133 Å². The van der Waals surface area contributed by atoms with Gasteiger partial charge in [-0.05, 0) is 26.2 Å². The SMILES string of the molecule is COC(CCCCCCCCCC1(C)CC(=O)OC1=O)OC. The average Bonchev–Trinajstić information content (AvgIpc) is 2.74. The van der Waals surface area contributed by atoms with Crippen molar-refractivity contribution in [3.8, 4) is 0 Å². The number of carbonyl (C=O) groups excluding carboxylic acids is 2. The summed E-state index contributed by atoms with van der Waals surface area (Å²) in [5.74, 6) is -0.721. The van der Waals surface area contributed by atoms with Crippen molar-refractivity contribution in [2.75, 3.05) is 14.2 Å². The van der Waals surface area contributed by atoms with Crippen LogP contribution in [0.25, 0.3) is 0 Å². The Morgan fingerprint density at radius 1 is 1.00 bits per heavy atom. The molecule has 5 nitrogen and oxygen atoms in total. The number of esters is 2. The third kappa shape index (κ3) is 6.44. The Morgan fingerprint density at radius 3 is 2.05 bits per heavy atom. The van der Waals surface area contributed by atoms with Crippen LogP contribution in [-0.4, -0.2) is 32.4 Å². The first kappa shape index (κ1) is 19.1. The molecule has 0 spiro atoms. The van der Waals surface area contributed by atoms with Crippen LogP contribution in [-0.2, 0) is 23.8 Å². The largest absolute Gasteiger partial charge is 0.393 e. The second-order valence-corrected chi connectivity index (χ2v) is 6.41. The molecule has 1 saturated heterocycles. The third-order valence-electron chi connectivity index (χ3n) is 4.43. The van der Waals surface area contributed by atoms with E-state index in [2.05, 4.69) is 4.74 Å². The summed E-state index contributed by atoms with van der Waals surface area (Å²) in [6.07, 6.45) is 9.88. The molecule has 0 aromatic rings. The fraction of sp³-hybridized carbons (Fsp3) is 0.882. The van der Waals surface area contributed by atoms with Gasteiger partial charge in [0.25, 0.3) is 0 Å². The van der Waals surface area contributed by atoms with Crippen molar-refractivity contribution in [3.63, 3.8) is 0 Å². The van der Waals surface area contributed by atoms with Crippen molar-refractivity contribution in [1.29, 1.82) is 0 Å². The van der Waals surface area contributed by atoms with Gasteiger partial charge in [-0.25, -0.2) is 0 Å². The summed E-state index contributed by atoms with van der Waals surface area (Å²) in [5, 5.41) is 0. The van der Waals surface area contributed by atoms with Crippen LogP contribution in [0.15, 0.2) is 0 Å². The Morgan fingerprint density at radius 2 is 1.55 bits per heavy atom. The van der Waals surface area contributed by atoms with Gasteiger partial charge in [-0.2, -0.15) is 0 Å². The molecule has 0 aromatic heterocycles. The Kier molecular flexibility index (Phi) is 8.64. The molecule has 0 aliphatic carbocycles. The van der Waals surface area contributed by atoms with Crippen molar-refractivity contribution in [1.82, 2.24) is 0 Å². The number of rotatable bonds is 12. The standard InChI is InChI=1S/C17H30O5/c1-17(13-14(18)22-16(17)19)12-10-8-6-4-5-7-9-11-15(20-2)21-3/h15H,4-13H2,1-3H3. The first-order valence-electron chi connectivity index (χ1n) is 8.32. The molecular formula is C17H30O5. The monoisotopic (exact) mass is 314 g/mol. The molecule has 128 valence electrons. The summed E-state index contributed by atoms with van der Waals surface area (Å²) in [5.41, 5.74) is -0.577. The highest BCUT2D eigenvalue weighted by molar-refractivity contribution is 5.97. The van der Waals surface area contributed by atoms with Crippen LogP contribution >= 0.6 is 0 Å². The van der Waals surface area contributed by atoms with E-state index in [1.54, 1.807) is 14.2 Å². The molecule has 0 bridgehead atoms. The van der Waals surface area contributed by atoms with E-state index < -0.39 is 5.41 Å². The lowest BCUT2D eigenvalue weighted by atomic mass is 9.83. The van der Waals surface area contributed by atoms with Crippen LogP contribution in [0.1, 0.15) is 71.1 Å². The fourth-order valence-corrected chi connectivity index (χ4v) is 2.89. The topological polar surface area (TPSA) is 61.8 Å². The molecule has 1 atom stereocenters. The zero-order chi connectivity index (χ0) is 16.4. The van der Waals surface area contributed by atoms with Gasteiger partial charge in [-0.3, -0.25) is 9.59 Å². The summed E-state index contributed by atoms with van der Waals surface area (Å²) < 4.78 is 14.9. The first-order valence-corrected chi connectivity index (χ1v) is 8.32. The van der Waals surface area contributed by atoms with Crippen molar-refractivity contribution in [2.24, 2.45) is 5.41 Å². The molecule has 0 saturated carbocycles. The molecule has 5 heteroatoms. The second kappa shape index (κ2) is 9.95. The Bertz CT molecular complexity index is 351. The maximum absolute atomic E-state index is 11.6. The minimum Gasteiger partial charge on any atom is -0.393 e. The van der Waals surface area contributed by atoms with Crippen molar-refractivity contribution >= 4 is 11.9 Å². The van der Waals surface area contributed by atoms with Gasteiger partial charge >= 0.3 is 11.9 Å². The van der Waals surface area contributed by atoms with Crippen LogP contribution in [0.4, 0.5) is 0 Å². The molecular weight excluding hydrogens is 284 g/mol. The molecule has 0 aromatic carbocycles. The molecule has 1 unspecified atom stereocenters. The molecule has 1 fully saturated rings. The summed E-state index contributed by atoms with van der Waals surface area (Å²) in [6, 6.07) is 0. The van der Waals surface area contributed by atoms with E-state index in [9.17, 15) is 9.59 Å². The lowest BCUT2D eigenvalue weighted by molar-refractivity contribution is -0.155. The van der Waals surface area contributed by atoms with Gasteiger partial charge in [0.1, 0.15) is 0 Å². The highest BCUT2D eigenvalue weighted by atomic mass is 16.7. The molecule has 1 rings (SSSR count). The van der Waals surface area contributed by atoms with E-state index in [-0.39, 0.29) is 24.6 Å². The number of ether oxygens (including phenoxy) is 3. The molecule has 0 N–H and O–H groups in total. The first-order chi connectivity index (χ1) is 10.5. The third-order valence-corrected chi connectivity index (χ3v) is 4.43. The van der Waals surface area contributed by atoms with Gasteiger partial charge in [0.15, 0.2) is 6.29 Å². The van der Waals surface area contributed by atoms with Gasteiger partial charge in [0.05, 0.1) is 11.8 Å². The van der Waals surface area contributed by atoms with E-state index in [0.717, 1.165) is 32.1 Å². The highest BCUT2D eigenvalue weighted by Gasteiger charge is 2.44. The second-order valence-electron chi connectivity index (χ2n) is 6.41. The van der Waals surface area contributed by atoms with Gasteiger partial charge in [-0.1, -0.05) is 38.5 Å². The van der Waals surface area contributed by atoms with Gasteiger partial charge in [0.2, 0.25) is 0 Å². The number of cyclic esters (lactones) is 2. The fourth-order valence-electron chi connectivity index (χ4n) is 2.89. The predicted octanol–water partition coefficient (Wildman–Crippen LogP) is 3.60. The summed E-state index contributed by atoms with van der Waals surface area (Å²) in [4.78, 5) is 22.7. The Balaban J connectivity index is 1.96. The van der Waals surface area contributed by atoms with E-state index >= 15 is 0 Å². The molecule has 1 aliphatic rings. The van der Waals surface area contributed by atoms with E-state index in [1.165, 1.54) is 25.7 Å². The predicted molar refractivity (Wildman–Crippen MR) is 83.2 cm³/mol. The maximum atomic E-state index is 11.6. The van der Waals surface area contributed by atoms with Crippen LogP contribution in [0.5, 0.6) is 0 Å². The summed E-state index contributed by atoms with van der Waals surface area (Å²) >= 11 is 0. The zero-order valence-electron chi connectivity index (χ0n) is 14.2. The van der Waals surface area contributed by atoms with E-state index in [1.807, 2.05) is 6.92 Å². The lowest BCUT2D eigenvalue weighted by Crippen LogP contribution is -2.22. The molecule has 0 radical (unpaired) electrons. The number of methoxy groups -OCH3 is 2. The average molecular weight is 314 g/mol. The maximum Gasteiger partial charge on any atom is 0.320 e. The lowest BCUT2D eigenvalue weighted by Gasteiger charge is -2.17. The number of unbranched alkanes of at least 4 members (excludes halogenated alkanes) is 6. The van der Waals surface area contributed by atoms with E-state index in [4.69, 9.17) is 9.47 Å². The molecule has 0 amide bonds. The normalized spacial score (nSPS) is 21.6. The summed E-state index contributed by atoms with van der Waals surface area (Å²) in [6.45, 7) is 1.84. The van der Waals surface area contributed by atoms with Gasteiger partial charge in [0, 0.05) is 14.2 Å². The molecule has 22 heavy (non-hydrogen) atoms. The number of hydrogen-bond acceptors (Lipinski definition) is 5. The number of hydrogen-bond donors (Lipinski definition) is 0. The number of carbonyl (C=O) groups is 2. The van der Waals surface area contributed by atoms with Gasteiger partial charge in [-0.15, -0.1) is 0 Å². The zero-order valence-corrected chi connectivity index (χ0v) is 14.2. The quantitative estimate of drug-likeness (QED) is 0.238. The van der Waals surface area contributed by atoms with Crippen molar-refractivity contribution in [3.05, 3.63) is 0 Å². The minimum absolute atomic E-state index is 0.0744. The molecule has 1 aliphatic heterocycles. The Hall–Kier alpha value is -0.940. The van der Waals surface area contributed by atoms with Crippen LogP contribution in [0.3, 0.4) is 0 Å². The van der Waals surface area contributed by atoms with Gasteiger partial charge < -0.3 is 14.2 Å². The van der Waals surface area contributed by atoms with Crippen LogP contribution in [0.2, 0.25) is 0 Å². The minimum atomic E-state index is -0.577. The highest BCUT2D eigenvalue weighted by Crippen LogP contribution is 2.35. The molecule has 1 heterocycles. The van der Waals surface area contributed by atoms with E-state index in [0.29, 0.717) is 0 Å². The smallest absolute Gasteiger partial charge is 0.320 e. The van der Waals surface area contributed by atoms with Crippen LogP contribution in [0, 0.1) is 5.41 Å². The summed E-state index contributed by atoms with van der Waals surface area (Å²) in [7, 11) is 3.34. The van der Waals surface area contributed by atoms with Crippen molar-refractivity contribution < 1.29 is 23.8 Å².